The van der Waals surface area contributed by atoms with E-state index in [9.17, 15) is 4.79 Å². The Kier molecular flexibility index (Phi) is 6.05. The molecule has 3 aromatic rings. The number of halogens is 2. The van der Waals surface area contributed by atoms with Crippen LogP contribution in [-0.4, -0.2) is 26.4 Å². The van der Waals surface area contributed by atoms with E-state index in [4.69, 9.17) is 16.0 Å². The number of aromatic nitrogens is 3. The molecular weight excluding hydrogens is 440 g/mol. The molecule has 9 heteroatoms. The molecule has 0 aliphatic heterocycles. The lowest BCUT2D eigenvalue weighted by Gasteiger charge is -2.08. The van der Waals surface area contributed by atoms with Gasteiger partial charge in [-0.05, 0) is 38.1 Å². The second kappa shape index (κ2) is 8.28. The summed E-state index contributed by atoms with van der Waals surface area (Å²) in [6.07, 6.45) is 1.63. The molecule has 6 nitrogen and oxygen atoms in total. The largest absolute Gasteiger partial charge is 0.469 e. The van der Waals surface area contributed by atoms with Crippen molar-refractivity contribution in [2.24, 2.45) is 0 Å². The zero-order chi connectivity index (χ0) is 18.7. The number of furan rings is 1. The molecule has 3 rings (SSSR count). The van der Waals surface area contributed by atoms with E-state index in [-0.39, 0.29) is 11.7 Å². The van der Waals surface area contributed by atoms with Gasteiger partial charge in [0.05, 0.1) is 28.3 Å². The van der Waals surface area contributed by atoms with Crippen LogP contribution in [0.5, 0.6) is 0 Å². The van der Waals surface area contributed by atoms with E-state index in [0.29, 0.717) is 22.4 Å². The molecule has 0 radical (unpaired) electrons. The number of rotatable bonds is 6. The number of amides is 1. The molecule has 1 amide bonds. The average molecular weight is 456 g/mol. The molecule has 136 valence electrons. The monoisotopic (exact) mass is 454 g/mol. The Balaban J connectivity index is 1.69. The van der Waals surface area contributed by atoms with Gasteiger partial charge in [0.25, 0.3) is 0 Å². The summed E-state index contributed by atoms with van der Waals surface area (Å²) in [6, 6.07) is 7.17. The Labute approximate surface area is 168 Å². The standard InChI is InChI=1S/C17H16BrClN4O2S/c1-3-23-16(12-6-7-25-10(12)2)21-22-17(23)26-9-15(24)20-14-5-4-11(18)8-13(14)19/h4-8H,3,9H2,1-2H3,(H,20,24). The number of hydrogen-bond acceptors (Lipinski definition) is 5. The highest BCUT2D eigenvalue weighted by molar-refractivity contribution is 9.10. The molecule has 0 atom stereocenters. The first-order valence-electron chi connectivity index (χ1n) is 7.85. The molecule has 1 N–H and O–H groups in total. The molecule has 1 aromatic carbocycles. The minimum absolute atomic E-state index is 0.161. The van der Waals surface area contributed by atoms with Gasteiger partial charge >= 0.3 is 0 Å². The lowest BCUT2D eigenvalue weighted by Crippen LogP contribution is -2.15. The third-order valence-electron chi connectivity index (χ3n) is 3.67. The summed E-state index contributed by atoms with van der Waals surface area (Å²) in [5.74, 6) is 1.56. The quantitative estimate of drug-likeness (QED) is 0.529. The number of carbonyl (C=O) groups is 1. The van der Waals surface area contributed by atoms with Crippen LogP contribution in [-0.2, 0) is 11.3 Å². The number of aryl methyl sites for hydroxylation is 1. The Morgan fingerprint density at radius 1 is 1.38 bits per heavy atom. The predicted molar refractivity (Wildman–Crippen MR) is 107 cm³/mol. The van der Waals surface area contributed by atoms with E-state index in [2.05, 4.69) is 31.4 Å². The van der Waals surface area contributed by atoms with Gasteiger partial charge in [0.2, 0.25) is 5.91 Å². The van der Waals surface area contributed by atoms with E-state index in [0.717, 1.165) is 21.6 Å². The van der Waals surface area contributed by atoms with Crippen LogP contribution < -0.4 is 5.32 Å². The lowest BCUT2D eigenvalue weighted by atomic mass is 10.2. The fourth-order valence-corrected chi connectivity index (χ4v) is 3.93. The fourth-order valence-electron chi connectivity index (χ4n) is 2.40. The van der Waals surface area contributed by atoms with Crippen molar-refractivity contribution in [3.63, 3.8) is 0 Å². The number of nitrogens with one attached hydrogen (secondary N) is 1. The Morgan fingerprint density at radius 3 is 2.85 bits per heavy atom. The number of hydrogen-bond donors (Lipinski definition) is 1. The van der Waals surface area contributed by atoms with E-state index in [1.807, 2.05) is 30.5 Å². The molecule has 0 spiro atoms. The molecule has 0 bridgehead atoms. The smallest absolute Gasteiger partial charge is 0.234 e. The van der Waals surface area contributed by atoms with Gasteiger partial charge in [0.15, 0.2) is 11.0 Å². The van der Waals surface area contributed by atoms with Gasteiger partial charge < -0.3 is 14.3 Å². The molecule has 2 heterocycles. The normalized spacial score (nSPS) is 10.9. The predicted octanol–water partition coefficient (Wildman–Crippen LogP) is 5.01. The minimum atomic E-state index is -0.161. The van der Waals surface area contributed by atoms with Crippen molar-refractivity contribution in [3.8, 4) is 11.4 Å². The van der Waals surface area contributed by atoms with Gasteiger partial charge in [-0.15, -0.1) is 10.2 Å². The van der Waals surface area contributed by atoms with Crippen molar-refractivity contribution in [2.45, 2.75) is 25.5 Å². The molecule has 0 saturated heterocycles. The van der Waals surface area contributed by atoms with Crippen LogP contribution in [0, 0.1) is 6.92 Å². The number of thioether (sulfide) groups is 1. The molecule has 0 aliphatic carbocycles. The third kappa shape index (κ3) is 4.13. The van der Waals surface area contributed by atoms with Crippen molar-refractivity contribution in [1.29, 1.82) is 0 Å². The summed E-state index contributed by atoms with van der Waals surface area (Å²) in [5.41, 5.74) is 1.48. The number of anilines is 1. The topological polar surface area (TPSA) is 73.0 Å². The van der Waals surface area contributed by atoms with Gasteiger partial charge in [-0.2, -0.15) is 0 Å². The van der Waals surface area contributed by atoms with E-state index >= 15 is 0 Å². The van der Waals surface area contributed by atoms with Crippen LogP contribution in [0.4, 0.5) is 5.69 Å². The van der Waals surface area contributed by atoms with E-state index < -0.39 is 0 Å². The Bertz CT molecular complexity index is 941. The fraction of sp³-hybridized carbons (Fsp3) is 0.235. The first-order chi connectivity index (χ1) is 12.5. The van der Waals surface area contributed by atoms with Crippen LogP contribution in [0.1, 0.15) is 12.7 Å². The zero-order valence-corrected chi connectivity index (χ0v) is 17.3. The summed E-state index contributed by atoms with van der Waals surface area (Å²) in [5, 5.41) is 12.4. The van der Waals surface area contributed by atoms with E-state index in [1.165, 1.54) is 11.8 Å². The molecule has 0 aliphatic rings. The maximum atomic E-state index is 12.2. The highest BCUT2D eigenvalue weighted by Gasteiger charge is 2.17. The molecule has 0 unspecified atom stereocenters. The number of nitrogens with zero attached hydrogens (tertiary/aromatic N) is 3. The van der Waals surface area contributed by atoms with Gasteiger partial charge in [-0.1, -0.05) is 39.3 Å². The Hall–Kier alpha value is -1.77. The van der Waals surface area contributed by atoms with Crippen LogP contribution in [0.15, 0.2) is 44.6 Å². The van der Waals surface area contributed by atoms with Crippen molar-refractivity contribution in [2.75, 3.05) is 11.1 Å². The number of benzene rings is 1. The van der Waals surface area contributed by atoms with Gasteiger partial charge in [0.1, 0.15) is 5.76 Å². The highest BCUT2D eigenvalue weighted by atomic mass is 79.9. The molecule has 0 saturated carbocycles. The lowest BCUT2D eigenvalue weighted by molar-refractivity contribution is -0.113. The summed E-state index contributed by atoms with van der Waals surface area (Å²) in [7, 11) is 0. The van der Waals surface area contributed by atoms with Crippen molar-refractivity contribution in [1.82, 2.24) is 14.8 Å². The summed E-state index contributed by atoms with van der Waals surface area (Å²) in [4.78, 5) is 12.2. The molecular formula is C17H16BrClN4O2S. The van der Waals surface area contributed by atoms with Crippen LogP contribution >= 0.6 is 39.3 Å². The first kappa shape index (κ1) is 19.0. The maximum Gasteiger partial charge on any atom is 0.234 e. The maximum absolute atomic E-state index is 12.2. The first-order valence-corrected chi connectivity index (χ1v) is 10.0. The molecule has 2 aromatic heterocycles. The Morgan fingerprint density at radius 2 is 2.19 bits per heavy atom. The summed E-state index contributed by atoms with van der Waals surface area (Å²) < 4.78 is 8.16. The molecule has 26 heavy (non-hydrogen) atoms. The van der Waals surface area contributed by atoms with Crippen molar-refractivity contribution < 1.29 is 9.21 Å². The highest BCUT2D eigenvalue weighted by Crippen LogP contribution is 2.28. The minimum Gasteiger partial charge on any atom is -0.469 e. The van der Waals surface area contributed by atoms with Crippen LogP contribution in [0.25, 0.3) is 11.4 Å². The third-order valence-corrected chi connectivity index (χ3v) is 5.44. The number of carbonyl (C=O) groups excluding carboxylic acids is 1. The van der Waals surface area contributed by atoms with Crippen LogP contribution in [0.2, 0.25) is 5.02 Å². The van der Waals surface area contributed by atoms with Gasteiger partial charge in [-0.25, -0.2) is 0 Å². The van der Waals surface area contributed by atoms with Crippen LogP contribution in [0.3, 0.4) is 0 Å². The second-order valence-corrected chi connectivity index (χ2v) is 7.67. The second-order valence-electron chi connectivity index (χ2n) is 5.40. The van der Waals surface area contributed by atoms with Gasteiger partial charge in [0, 0.05) is 11.0 Å². The van der Waals surface area contributed by atoms with Crippen molar-refractivity contribution in [3.05, 3.63) is 45.8 Å². The molecule has 0 fully saturated rings. The average Bonchev–Trinajstić information content (AvgIpc) is 3.20. The van der Waals surface area contributed by atoms with Crippen molar-refractivity contribution >= 4 is 50.9 Å². The zero-order valence-electron chi connectivity index (χ0n) is 14.1. The summed E-state index contributed by atoms with van der Waals surface area (Å²) in [6.45, 7) is 4.58. The van der Waals surface area contributed by atoms with Gasteiger partial charge in [-0.3, -0.25) is 4.79 Å². The summed E-state index contributed by atoms with van der Waals surface area (Å²) >= 11 is 10.8. The SMILES string of the molecule is CCn1c(SCC(=O)Nc2ccc(Br)cc2Cl)nnc1-c1ccoc1C. The van der Waals surface area contributed by atoms with E-state index in [1.54, 1.807) is 18.4 Å².